The van der Waals surface area contributed by atoms with Gasteiger partial charge < -0.3 is 15.2 Å². The lowest BCUT2D eigenvalue weighted by molar-refractivity contribution is 0.0491. The van der Waals surface area contributed by atoms with E-state index in [1.165, 1.54) is 10.8 Å². The molecule has 124 valence electrons. The summed E-state index contributed by atoms with van der Waals surface area (Å²) in [6, 6.07) is 14.1. The maximum Gasteiger partial charge on any atom is 0.407 e. The fourth-order valence-electron chi connectivity index (χ4n) is 2.07. The first-order chi connectivity index (χ1) is 10.9. The fourth-order valence-corrected chi connectivity index (χ4v) is 3.03. The molecule has 0 aliphatic heterocycles. The minimum atomic E-state index is -0.546. The van der Waals surface area contributed by atoms with Gasteiger partial charge >= 0.3 is 6.09 Å². The van der Waals surface area contributed by atoms with Crippen molar-refractivity contribution in [2.45, 2.75) is 37.3 Å². The SMILES string of the molecule is CC(C)(C)OC(=O)N[C@@H](CO)CSc1ccc2ccccc2c1. The number of hydrogen-bond donors (Lipinski definition) is 2. The van der Waals surface area contributed by atoms with E-state index in [2.05, 4.69) is 35.6 Å². The largest absolute Gasteiger partial charge is 0.444 e. The van der Waals surface area contributed by atoms with Crippen LogP contribution in [0, 0.1) is 0 Å². The molecule has 0 spiro atoms. The van der Waals surface area contributed by atoms with Crippen LogP contribution in [-0.2, 0) is 4.74 Å². The molecule has 0 saturated heterocycles. The Bertz CT molecular complexity index is 667. The first-order valence-corrected chi connectivity index (χ1v) is 8.58. The molecule has 2 aromatic carbocycles. The maximum atomic E-state index is 11.8. The van der Waals surface area contributed by atoms with Crippen molar-refractivity contribution < 1.29 is 14.6 Å². The van der Waals surface area contributed by atoms with Crippen molar-refractivity contribution in [2.75, 3.05) is 12.4 Å². The zero-order chi connectivity index (χ0) is 16.9. The lowest BCUT2D eigenvalue weighted by Gasteiger charge is -2.22. The van der Waals surface area contributed by atoms with E-state index < -0.39 is 11.7 Å². The van der Waals surface area contributed by atoms with Gasteiger partial charge in [-0.05, 0) is 43.7 Å². The van der Waals surface area contributed by atoms with E-state index in [-0.39, 0.29) is 12.6 Å². The topological polar surface area (TPSA) is 58.6 Å². The number of aliphatic hydroxyl groups is 1. The van der Waals surface area contributed by atoms with E-state index in [1.54, 1.807) is 11.8 Å². The number of fused-ring (bicyclic) bond motifs is 1. The number of alkyl carbamates (subject to hydrolysis) is 1. The van der Waals surface area contributed by atoms with Gasteiger partial charge in [-0.1, -0.05) is 30.3 Å². The van der Waals surface area contributed by atoms with Crippen LogP contribution in [0.3, 0.4) is 0 Å². The molecule has 0 aromatic heterocycles. The van der Waals surface area contributed by atoms with E-state index in [0.29, 0.717) is 5.75 Å². The molecule has 23 heavy (non-hydrogen) atoms. The molecule has 0 aliphatic carbocycles. The Kier molecular flexibility index (Phi) is 5.91. The number of amides is 1. The third kappa shape index (κ3) is 5.77. The summed E-state index contributed by atoms with van der Waals surface area (Å²) in [5, 5.41) is 14.5. The molecular weight excluding hydrogens is 310 g/mol. The molecule has 0 aliphatic rings. The van der Waals surface area contributed by atoms with Gasteiger partial charge in [-0.3, -0.25) is 0 Å². The van der Waals surface area contributed by atoms with Crippen molar-refractivity contribution in [3.05, 3.63) is 42.5 Å². The summed E-state index contributed by atoms with van der Waals surface area (Å²) in [6.07, 6.45) is -0.504. The zero-order valence-corrected chi connectivity index (χ0v) is 14.5. The molecule has 0 saturated carbocycles. The highest BCUT2D eigenvalue weighted by atomic mass is 32.2. The summed E-state index contributed by atoms with van der Waals surface area (Å²) in [4.78, 5) is 12.9. The highest BCUT2D eigenvalue weighted by molar-refractivity contribution is 7.99. The summed E-state index contributed by atoms with van der Waals surface area (Å²) in [7, 11) is 0. The van der Waals surface area contributed by atoms with Crippen molar-refractivity contribution in [1.82, 2.24) is 5.32 Å². The van der Waals surface area contributed by atoms with Crippen LogP contribution >= 0.6 is 11.8 Å². The summed E-state index contributed by atoms with van der Waals surface area (Å²) in [5.74, 6) is 0.577. The Morgan fingerprint density at radius 1 is 1.22 bits per heavy atom. The minimum Gasteiger partial charge on any atom is -0.444 e. The van der Waals surface area contributed by atoms with Crippen LogP contribution in [-0.4, -0.2) is 35.2 Å². The van der Waals surface area contributed by atoms with E-state index >= 15 is 0 Å². The van der Waals surface area contributed by atoms with Gasteiger partial charge in [-0.2, -0.15) is 0 Å². The lowest BCUT2D eigenvalue weighted by atomic mass is 10.1. The van der Waals surface area contributed by atoms with Crippen molar-refractivity contribution in [2.24, 2.45) is 0 Å². The van der Waals surface area contributed by atoms with Gasteiger partial charge in [0.15, 0.2) is 0 Å². The number of aliphatic hydroxyl groups excluding tert-OH is 1. The normalized spacial score (nSPS) is 12.9. The summed E-state index contributed by atoms with van der Waals surface area (Å²) >= 11 is 1.60. The van der Waals surface area contributed by atoms with Crippen LogP contribution in [0.4, 0.5) is 4.79 Å². The smallest absolute Gasteiger partial charge is 0.407 e. The molecule has 5 heteroatoms. The predicted molar refractivity (Wildman–Crippen MR) is 94.9 cm³/mol. The van der Waals surface area contributed by atoms with Crippen LogP contribution in [0.15, 0.2) is 47.4 Å². The molecule has 0 bridgehead atoms. The van der Waals surface area contributed by atoms with E-state index in [1.807, 2.05) is 32.9 Å². The molecule has 2 aromatic rings. The average molecular weight is 333 g/mol. The number of hydrogen-bond acceptors (Lipinski definition) is 4. The number of nitrogens with one attached hydrogen (secondary N) is 1. The van der Waals surface area contributed by atoms with Gasteiger partial charge in [0.25, 0.3) is 0 Å². The van der Waals surface area contributed by atoms with Gasteiger partial charge in [0.2, 0.25) is 0 Å². The van der Waals surface area contributed by atoms with Crippen molar-refractivity contribution in [3.8, 4) is 0 Å². The number of thioether (sulfide) groups is 1. The molecular formula is C18H23NO3S. The lowest BCUT2D eigenvalue weighted by Crippen LogP contribution is -2.42. The van der Waals surface area contributed by atoms with Gasteiger partial charge in [0, 0.05) is 10.6 Å². The molecule has 2 N–H and O–H groups in total. The minimum absolute atomic E-state index is 0.125. The summed E-state index contributed by atoms with van der Waals surface area (Å²) in [5.41, 5.74) is -0.546. The second-order valence-corrected chi connectivity index (χ2v) is 7.44. The Labute approximate surface area is 141 Å². The molecule has 0 fully saturated rings. The summed E-state index contributed by atoms with van der Waals surface area (Å²) < 4.78 is 5.21. The van der Waals surface area contributed by atoms with Crippen LogP contribution in [0.25, 0.3) is 10.8 Å². The van der Waals surface area contributed by atoms with Crippen molar-refractivity contribution in [1.29, 1.82) is 0 Å². The summed E-state index contributed by atoms with van der Waals surface area (Å²) in [6.45, 7) is 5.30. The standard InChI is InChI=1S/C18H23NO3S/c1-18(2,3)22-17(21)19-15(11-20)12-23-16-9-8-13-6-4-5-7-14(13)10-16/h4-10,15,20H,11-12H2,1-3H3,(H,19,21)/t15-/m0/s1. The van der Waals surface area contributed by atoms with Gasteiger partial charge in [-0.15, -0.1) is 11.8 Å². The Hall–Kier alpha value is -1.72. The molecule has 0 radical (unpaired) electrons. The Morgan fingerprint density at radius 3 is 2.57 bits per heavy atom. The quantitative estimate of drug-likeness (QED) is 0.817. The molecule has 2 rings (SSSR count). The van der Waals surface area contributed by atoms with Crippen LogP contribution in [0.2, 0.25) is 0 Å². The van der Waals surface area contributed by atoms with Gasteiger partial charge in [0.05, 0.1) is 12.6 Å². The number of ether oxygens (including phenoxy) is 1. The molecule has 0 unspecified atom stereocenters. The van der Waals surface area contributed by atoms with Crippen LogP contribution in [0.5, 0.6) is 0 Å². The Morgan fingerprint density at radius 2 is 1.91 bits per heavy atom. The zero-order valence-electron chi connectivity index (χ0n) is 13.7. The number of carbonyl (C=O) groups excluding carboxylic acids is 1. The maximum absolute atomic E-state index is 11.8. The van der Waals surface area contributed by atoms with E-state index in [4.69, 9.17) is 4.74 Å². The van der Waals surface area contributed by atoms with Gasteiger partial charge in [0.1, 0.15) is 5.60 Å². The number of benzene rings is 2. The third-order valence-corrected chi connectivity index (χ3v) is 4.27. The highest BCUT2D eigenvalue weighted by Gasteiger charge is 2.19. The van der Waals surface area contributed by atoms with Crippen LogP contribution < -0.4 is 5.32 Å². The first kappa shape index (κ1) is 17.6. The average Bonchev–Trinajstić information content (AvgIpc) is 2.49. The predicted octanol–water partition coefficient (Wildman–Crippen LogP) is 3.82. The molecule has 1 amide bonds. The monoisotopic (exact) mass is 333 g/mol. The third-order valence-electron chi connectivity index (χ3n) is 3.11. The molecule has 0 heterocycles. The van der Waals surface area contributed by atoms with Gasteiger partial charge in [-0.25, -0.2) is 4.79 Å². The fraction of sp³-hybridized carbons (Fsp3) is 0.389. The molecule has 4 nitrogen and oxygen atoms in total. The number of carbonyl (C=O) groups is 1. The van der Waals surface area contributed by atoms with E-state index in [9.17, 15) is 9.90 Å². The Balaban J connectivity index is 1.92. The van der Waals surface area contributed by atoms with Crippen molar-refractivity contribution >= 4 is 28.6 Å². The second kappa shape index (κ2) is 7.70. The van der Waals surface area contributed by atoms with E-state index in [0.717, 1.165) is 4.90 Å². The van der Waals surface area contributed by atoms with Crippen molar-refractivity contribution in [3.63, 3.8) is 0 Å². The first-order valence-electron chi connectivity index (χ1n) is 7.59. The number of rotatable bonds is 5. The highest BCUT2D eigenvalue weighted by Crippen LogP contribution is 2.24. The molecule has 1 atom stereocenters. The second-order valence-electron chi connectivity index (χ2n) is 6.35. The van der Waals surface area contributed by atoms with Crippen LogP contribution in [0.1, 0.15) is 20.8 Å².